The molecule has 5 rings (SSSR count). The lowest BCUT2D eigenvalue weighted by Gasteiger charge is -2.37. The third-order valence-electron chi connectivity index (χ3n) is 6.16. The highest BCUT2D eigenvalue weighted by Crippen LogP contribution is 2.46. The molecule has 2 aliphatic rings. The van der Waals surface area contributed by atoms with Crippen molar-refractivity contribution in [2.75, 3.05) is 0 Å². The van der Waals surface area contributed by atoms with E-state index in [4.69, 9.17) is 0 Å². The van der Waals surface area contributed by atoms with Gasteiger partial charge in [-0.25, -0.2) is 0 Å². The Labute approximate surface area is 163 Å². The third-order valence-corrected chi connectivity index (χ3v) is 6.16. The van der Waals surface area contributed by atoms with E-state index in [2.05, 4.69) is 22.4 Å². The van der Waals surface area contributed by atoms with Gasteiger partial charge in [-0.3, -0.25) is 9.59 Å². The zero-order valence-corrected chi connectivity index (χ0v) is 16.0. The van der Waals surface area contributed by atoms with Crippen LogP contribution in [-0.2, 0) is 11.2 Å². The summed E-state index contributed by atoms with van der Waals surface area (Å²) in [5, 5.41) is 4.22. The second kappa shape index (κ2) is 6.23. The summed E-state index contributed by atoms with van der Waals surface area (Å²) in [5.74, 6) is -0.134. The fraction of sp³-hybridized carbons (Fsp3) is 0.304. The Morgan fingerprint density at radius 3 is 2.79 bits per heavy atom. The van der Waals surface area contributed by atoms with E-state index in [9.17, 15) is 9.59 Å². The first kappa shape index (κ1) is 17.0. The molecule has 0 spiro atoms. The predicted octanol–water partition coefficient (Wildman–Crippen LogP) is 3.55. The topological polar surface area (TPSA) is 65.2 Å². The van der Waals surface area contributed by atoms with Crippen LogP contribution in [0.3, 0.4) is 0 Å². The number of rotatable bonds is 3. The van der Waals surface area contributed by atoms with Crippen molar-refractivity contribution in [1.29, 1.82) is 0 Å². The number of hydrogen-bond donors (Lipinski definition) is 2. The Balaban J connectivity index is 1.69. The van der Waals surface area contributed by atoms with Crippen LogP contribution in [0.1, 0.15) is 53.5 Å². The maximum absolute atomic E-state index is 13.3. The molecule has 28 heavy (non-hydrogen) atoms. The van der Waals surface area contributed by atoms with Gasteiger partial charge in [-0.15, -0.1) is 0 Å². The SMILES string of the molecule is CC[C@H](C)NC(=O)[C@H]1Cc2c([nH]c3ccccc23)[C@@H]2c3ccccc3C(=O)N21. The van der Waals surface area contributed by atoms with E-state index >= 15 is 0 Å². The van der Waals surface area contributed by atoms with E-state index in [1.54, 1.807) is 4.90 Å². The largest absolute Gasteiger partial charge is 0.356 e. The first-order valence-corrected chi connectivity index (χ1v) is 9.91. The summed E-state index contributed by atoms with van der Waals surface area (Å²) in [6.07, 6.45) is 1.38. The number of aromatic amines is 1. The van der Waals surface area contributed by atoms with Crippen molar-refractivity contribution >= 4 is 22.7 Å². The van der Waals surface area contributed by atoms with Crippen molar-refractivity contribution in [3.05, 3.63) is 70.9 Å². The van der Waals surface area contributed by atoms with E-state index < -0.39 is 6.04 Å². The number of amides is 2. The van der Waals surface area contributed by atoms with Gasteiger partial charge < -0.3 is 15.2 Å². The van der Waals surface area contributed by atoms with Crippen LogP contribution in [0.25, 0.3) is 10.9 Å². The highest BCUT2D eigenvalue weighted by atomic mass is 16.2. The van der Waals surface area contributed by atoms with Crippen molar-refractivity contribution < 1.29 is 9.59 Å². The minimum Gasteiger partial charge on any atom is -0.356 e. The zero-order chi connectivity index (χ0) is 19.4. The molecule has 1 aromatic heterocycles. The first-order valence-electron chi connectivity index (χ1n) is 9.91. The predicted molar refractivity (Wildman–Crippen MR) is 108 cm³/mol. The summed E-state index contributed by atoms with van der Waals surface area (Å²) in [6, 6.07) is 15.2. The van der Waals surface area contributed by atoms with Gasteiger partial charge >= 0.3 is 0 Å². The third kappa shape index (κ3) is 2.32. The summed E-state index contributed by atoms with van der Waals surface area (Å²) in [4.78, 5) is 31.7. The van der Waals surface area contributed by atoms with Crippen molar-refractivity contribution in [3.63, 3.8) is 0 Å². The molecule has 142 valence electrons. The number of H-pyrrole nitrogens is 1. The number of hydrogen-bond acceptors (Lipinski definition) is 2. The summed E-state index contributed by atoms with van der Waals surface area (Å²) in [7, 11) is 0. The van der Waals surface area contributed by atoms with Crippen LogP contribution in [0.5, 0.6) is 0 Å². The van der Waals surface area contributed by atoms with Crippen molar-refractivity contribution in [1.82, 2.24) is 15.2 Å². The maximum Gasteiger partial charge on any atom is 0.255 e. The summed E-state index contributed by atoms with van der Waals surface area (Å²) < 4.78 is 0. The number of nitrogens with zero attached hydrogens (tertiary/aromatic N) is 1. The highest BCUT2D eigenvalue weighted by molar-refractivity contribution is 6.03. The van der Waals surface area contributed by atoms with Crippen LogP contribution >= 0.6 is 0 Å². The number of carbonyl (C=O) groups is 2. The second-order valence-electron chi connectivity index (χ2n) is 7.80. The van der Waals surface area contributed by atoms with Crippen LogP contribution in [0.4, 0.5) is 0 Å². The number of carbonyl (C=O) groups excluding carboxylic acids is 2. The van der Waals surface area contributed by atoms with Gasteiger partial charge in [0.15, 0.2) is 0 Å². The highest BCUT2D eigenvalue weighted by Gasteiger charge is 2.48. The van der Waals surface area contributed by atoms with Crippen molar-refractivity contribution in [3.8, 4) is 0 Å². The molecule has 3 aromatic rings. The molecule has 2 amide bonds. The molecule has 2 aromatic carbocycles. The second-order valence-corrected chi connectivity index (χ2v) is 7.80. The zero-order valence-electron chi connectivity index (χ0n) is 16.0. The monoisotopic (exact) mass is 373 g/mol. The fourth-order valence-electron chi connectivity index (χ4n) is 4.58. The van der Waals surface area contributed by atoms with Gasteiger partial charge in [0.2, 0.25) is 5.91 Å². The lowest BCUT2D eigenvalue weighted by Crippen LogP contribution is -2.53. The number of fused-ring (bicyclic) bond motifs is 7. The van der Waals surface area contributed by atoms with Crippen LogP contribution in [0.2, 0.25) is 0 Å². The minimum absolute atomic E-state index is 0.0609. The molecule has 5 nitrogen and oxygen atoms in total. The lowest BCUT2D eigenvalue weighted by molar-refractivity contribution is -0.127. The molecule has 5 heteroatoms. The van der Waals surface area contributed by atoms with Gasteiger partial charge in [-0.05, 0) is 36.6 Å². The van der Waals surface area contributed by atoms with E-state index in [0.29, 0.717) is 12.0 Å². The van der Waals surface area contributed by atoms with Gasteiger partial charge in [0.1, 0.15) is 6.04 Å². The van der Waals surface area contributed by atoms with Gasteiger partial charge in [0.25, 0.3) is 5.91 Å². The first-order chi connectivity index (χ1) is 13.6. The molecular formula is C23H23N3O2. The molecule has 3 atom stereocenters. The van der Waals surface area contributed by atoms with E-state index in [0.717, 1.165) is 34.1 Å². The normalized spacial score (nSPS) is 21.2. The van der Waals surface area contributed by atoms with E-state index in [1.165, 1.54) is 0 Å². The smallest absolute Gasteiger partial charge is 0.255 e. The van der Waals surface area contributed by atoms with Gasteiger partial charge in [-0.1, -0.05) is 43.3 Å². The van der Waals surface area contributed by atoms with E-state index in [1.807, 2.05) is 50.2 Å². The number of nitrogens with one attached hydrogen (secondary N) is 2. The molecular weight excluding hydrogens is 350 g/mol. The maximum atomic E-state index is 13.3. The molecule has 0 radical (unpaired) electrons. The molecule has 3 heterocycles. The van der Waals surface area contributed by atoms with Crippen LogP contribution in [0, 0.1) is 0 Å². The standard InChI is InChI=1S/C23H23N3O2/c1-3-13(2)24-22(27)19-12-17-14-8-6-7-11-18(14)25-20(17)21-15-9-4-5-10-16(15)23(28)26(19)21/h4-11,13,19,21,25H,3,12H2,1-2H3,(H,24,27)/t13-,19+,21-/m0/s1. The molecule has 0 fully saturated rings. The van der Waals surface area contributed by atoms with Gasteiger partial charge in [0, 0.05) is 34.6 Å². The quantitative estimate of drug-likeness (QED) is 0.737. The summed E-state index contributed by atoms with van der Waals surface area (Å²) in [5.41, 5.74) is 4.90. The number of aromatic nitrogens is 1. The van der Waals surface area contributed by atoms with Gasteiger partial charge in [0.05, 0.1) is 6.04 Å². The van der Waals surface area contributed by atoms with E-state index in [-0.39, 0.29) is 23.9 Å². The molecule has 0 saturated heterocycles. The molecule has 2 N–H and O–H groups in total. The van der Waals surface area contributed by atoms with Crippen LogP contribution < -0.4 is 5.32 Å². The van der Waals surface area contributed by atoms with Crippen molar-refractivity contribution in [2.45, 2.75) is 44.8 Å². The van der Waals surface area contributed by atoms with Crippen LogP contribution in [-0.4, -0.2) is 33.8 Å². The summed E-state index contributed by atoms with van der Waals surface area (Å²) >= 11 is 0. The Morgan fingerprint density at radius 2 is 1.96 bits per heavy atom. The molecule has 0 bridgehead atoms. The minimum atomic E-state index is -0.509. The van der Waals surface area contributed by atoms with Crippen molar-refractivity contribution in [2.24, 2.45) is 0 Å². The van der Waals surface area contributed by atoms with Gasteiger partial charge in [-0.2, -0.15) is 0 Å². The molecule has 2 aliphatic heterocycles. The molecule has 0 aliphatic carbocycles. The fourth-order valence-corrected chi connectivity index (χ4v) is 4.58. The Hall–Kier alpha value is -3.08. The molecule has 0 saturated carbocycles. The number of benzene rings is 2. The average molecular weight is 373 g/mol. The van der Waals surface area contributed by atoms with Crippen LogP contribution in [0.15, 0.2) is 48.5 Å². The molecule has 0 unspecified atom stereocenters. The lowest BCUT2D eigenvalue weighted by atomic mass is 9.90. The Bertz CT molecular complexity index is 1100. The Kier molecular flexibility index (Phi) is 3.79. The average Bonchev–Trinajstić information content (AvgIpc) is 3.23. The summed E-state index contributed by atoms with van der Waals surface area (Å²) in [6.45, 7) is 4.04. The number of para-hydroxylation sites is 1. The Morgan fingerprint density at radius 1 is 1.21 bits per heavy atom.